The largest absolute Gasteiger partial charge is 0.310 e. The van der Waals surface area contributed by atoms with Crippen LogP contribution in [0.1, 0.15) is 81.9 Å². The summed E-state index contributed by atoms with van der Waals surface area (Å²) in [6.07, 6.45) is 9.84. The summed E-state index contributed by atoms with van der Waals surface area (Å²) < 4.78 is 0. The lowest BCUT2D eigenvalue weighted by Gasteiger charge is -2.34. The van der Waals surface area contributed by atoms with Gasteiger partial charge in [-0.3, -0.25) is 0 Å². The second kappa shape index (κ2) is 6.96. The lowest BCUT2D eigenvalue weighted by molar-refractivity contribution is 0.225. The van der Waals surface area contributed by atoms with E-state index in [9.17, 15) is 0 Å². The summed E-state index contributed by atoms with van der Waals surface area (Å²) in [6, 6.07) is 10.2. The highest BCUT2D eigenvalue weighted by Gasteiger charge is 2.27. The van der Waals surface area contributed by atoms with Crippen LogP contribution in [0.15, 0.2) is 24.3 Å². The first kappa shape index (κ1) is 15.1. The standard InChI is InChI=1S/C20H31N/c1-3-21-20(19-9-4-6-15(2)14-19)18-12-10-17(11-13-18)16-7-5-8-16/h10-13,15-16,19-21H,3-9,14H2,1-2H3. The molecule has 0 bridgehead atoms. The van der Waals surface area contributed by atoms with Crippen molar-refractivity contribution >= 4 is 0 Å². The highest BCUT2D eigenvalue weighted by Crippen LogP contribution is 2.39. The summed E-state index contributed by atoms with van der Waals surface area (Å²) in [4.78, 5) is 0. The van der Waals surface area contributed by atoms with Gasteiger partial charge in [-0.2, -0.15) is 0 Å². The molecular formula is C20H31N. The predicted molar refractivity (Wildman–Crippen MR) is 90.6 cm³/mol. The molecule has 3 atom stereocenters. The molecule has 1 aromatic carbocycles. The lowest BCUT2D eigenvalue weighted by Crippen LogP contribution is -2.31. The first-order valence-corrected chi connectivity index (χ1v) is 9.11. The van der Waals surface area contributed by atoms with Crippen LogP contribution in [-0.4, -0.2) is 6.54 Å². The molecule has 1 nitrogen and oxygen atoms in total. The second-order valence-corrected chi connectivity index (χ2v) is 7.36. The van der Waals surface area contributed by atoms with Gasteiger partial charge in [-0.1, -0.05) is 57.4 Å². The van der Waals surface area contributed by atoms with Crippen molar-refractivity contribution < 1.29 is 0 Å². The summed E-state index contributed by atoms with van der Waals surface area (Å²) in [5, 5.41) is 3.77. The highest BCUT2D eigenvalue weighted by molar-refractivity contribution is 5.29. The normalized spacial score (nSPS) is 28.1. The maximum Gasteiger partial charge on any atom is 0.0348 e. The summed E-state index contributed by atoms with van der Waals surface area (Å²) in [6.45, 7) is 5.73. The third-order valence-corrected chi connectivity index (χ3v) is 5.74. The lowest BCUT2D eigenvalue weighted by atomic mass is 9.76. The van der Waals surface area contributed by atoms with Crippen molar-refractivity contribution in [3.8, 4) is 0 Å². The Hall–Kier alpha value is -0.820. The van der Waals surface area contributed by atoms with Crippen LogP contribution in [0.3, 0.4) is 0 Å². The zero-order valence-electron chi connectivity index (χ0n) is 13.8. The van der Waals surface area contributed by atoms with Gasteiger partial charge in [0.15, 0.2) is 0 Å². The van der Waals surface area contributed by atoms with E-state index in [1.807, 2.05) is 0 Å². The van der Waals surface area contributed by atoms with Gasteiger partial charge in [0.25, 0.3) is 0 Å². The van der Waals surface area contributed by atoms with Crippen molar-refractivity contribution in [1.29, 1.82) is 0 Å². The SMILES string of the molecule is CCNC(c1ccc(C2CCC2)cc1)C1CCCC(C)C1. The zero-order valence-corrected chi connectivity index (χ0v) is 13.8. The molecule has 0 aromatic heterocycles. The van der Waals surface area contributed by atoms with E-state index < -0.39 is 0 Å². The minimum Gasteiger partial charge on any atom is -0.310 e. The topological polar surface area (TPSA) is 12.0 Å². The molecule has 3 unspecified atom stereocenters. The average Bonchev–Trinajstić information content (AvgIpc) is 2.44. The van der Waals surface area contributed by atoms with E-state index in [1.54, 1.807) is 5.56 Å². The maximum absolute atomic E-state index is 3.77. The second-order valence-electron chi connectivity index (χ2n) is 7.36. The predicted octanol–water partition coefficient (Wildman–Crippen LogP) is 5.43. The van der Waals surface area contributed by atoms with Gasteiger partial charge in [0.1, 0.15) is 0 Å². The molecule has 0 spiro atoms. The summed E-state index contributed by atoms with van der Waals surface area (Å²) in [5.41, 5.74) is 3.08. The fourth-order valence-corrected chi connectivity index (χ4v) is 4.28. The van der Waals surface area contributed by atoms with E-state index in [0.717, 1.165) is 24.3 Å². The molecule has 2 aliphatic rings. The highest BCUT2D eigenvalue weighted by atomic mass is 14.9. The van der Waals surface area contributed by atoms with Gasteiger partial charge >= 0.3 is 0 Å². The molecule has 3 rings (SSSR count). The van der Waals surface area contributed by atoms with Gasteiger partial charge in [-0.15, -0.1) is 0 Å². The summed E-state index contributed by atoms with van der Waals surface area (Å²) >= 11 is 0. The monoisotopic (exact) mass is 285 g/mol. The molecule has 0 radical (unpaired) electrons. The molecule has 2 aliphatic carbocycles. The Labute approximate surface area is 130 Å². The van der Waals surface area contributed by atoms with Crippen LogP contribution < -0.4 is 5.32 Å². The Balaban J connectivity index is 1.72. The fraction of sp³-hybridized carbons (Fsp3) is 0.700. The van der Waals surface area contributed by atoms with Crippen LogP contribution >= 0.6 is 0 Å². The van der Waals surface area contributed by atoms with Crippen LogP contribution in [0.5, 0.6) is 0 Å². The van der Waals surface area contributed by atoms with Crippen LogP contribution in [0.25, 0.3) is 0 Å². The molecule has 2 saturated carbocycles. The number of hydrogen-bond acceptors (Lipinski definition) is 1. The van der Waals surface area contributed by atoms with Crippen LogP contribution in [-0.2, 0) is 0 Å². The molecule has 116 valence electrons. The molecule has 0 heterocycles. The summed E-state index contributed by atoms with van der Waals surface area (Å²) in [5.74, 6) is 2.58. The Kier molecular flexibility index (Phi) is 5.00. The first-order chi connectivity index (χ1) is 10.3. The zero-order chi connectivity index (χ0) is 14.7. The van der Waals surface area contributed by atoms with Crippen molar-refractivity contribution in [3.63, 3.8) is 0 Å². The van der Waals surface area contributed by atoms with Crippen molar-refractivity contribution in [1.82, 2.24) is 5.32 Å². The first-order valence-electron chi connectivity index (χ1n) is 9.11. The average molecular weight is 285 g/mol. The summed E-state index contributed by atoms with van der Waals surface area (Å²) in [7, 11) is 0. The minimum absolute atomic E-state index is 0.563. The van der Waals surface area contributed by atoms with Crippen LogP contribution in [0, 0.1) is 11.8 Å². The van der Waals surface area contributed by atoms with E-state index >= 15 is 0 Å². The van der Waals surface area contributed by atoms with E-state index in [0.29, 0.717) is 6.04 Å². The Morgan fingerprint density at radius 2 is 1.76 bits per heavy atom. The third-order valence-electron chi connectivity index (χ3n) is 5.74. The maximum atomic E-state index is 3.77. The number of nitrogens with one attached hydrogen (secondary N) is 1. The molecule has 2 fully saturated rings. The Morgan fingerprint density at radius 3 is 2.33 bits per heavy atom. The van der Waals surface area contributed by atoms with Gasteiger partial charge in [0.05, 0.1) is 0 Å². The van der Waals surface area contributed by atoms with E-state index in [4.69, 9.17) is 0 Å². The molecular weight excluding hydrogens is 254 g/mol. The number of rotatable bonds is 5. The molecule has 1 aromatic rings. The molecule has 0 amide bonds. The Morgan fingerprint density at radius 1 is 1.05 bits per heavy atom. The van der Waals surface area contributed by atoms with Crippen LogP contribution in [0.4, 0.5) is 0 Å². The van der Waals surface area contributed by atoms with Gasteiger partial charge in [0, 0.05) is 6.04 Å². The van der Waals surface area contributed by atoms with Crippen molar-refractivity contribution in [3.05, 3.63) is 35.4 Å². The number of benzene rings is 1. The third kappa shape index (κ3) is 3.51. The quantitative estimate of drug-likeness (QED) is 0.760. The fourth-order valence-electron chi connectivity index (χ4n) is 4.28. The molecule has 0 aliphatic heterocycles. The van der Waals surface area contributed by atoms with E-state index in [2.05, 4.69) is 43.4 Å². The number of hydrogen-bond donors (Lipinski definition) is 1. The van der Waals surface area contributed by atoms with Crippen molar-refractivity contribution in [2.75, 3.05) is 6.54 Å². The molecule has 0 saturated heterocycles. The van der Waals surface area contributed by atoms with Crippen molar-refractivity contribution in [2.24, 2.45) is 11.8 Å². The molecule has 21 heavy (non-hydrogen) atoms. The van der Waals surface area contributed by atoms with Crippen LogP contribution in [0.2, 0.25) is 0 Å². The van der Waals surface area contributed by atoms with Gasteiger partial charge in [-0.05, 0) is 61.1 Å². The van der Waals surface area contributed by atoms with Gasteiger partial charge < -0.3 is 5.32 Å². The van der Waals surface area contributed by atoms with Crippen molar-refractivity contribution in [2.45, 2.75) is 70.8 Å². The van der Waals surface area contributed by atoms with Gasteiger partial charge in [0.2, 0.25) is 0 Å². The minimum atomic E-state index is 0.563. The molecule has 1 N–H and O–H groups in total. The van der Waals surface area contributed by atoms with Gasteiger partial charge in [-0.25, -0.2) is 0 Å². The molecule has 1 heteroatoms. The van der Waals surface area contributed by atoms with E-state index in [-0.39, 0.29) is 0 Å². The Bertz CT molecular complexity index is 432. The van der Waals surface area contributed by atoms with E-state index in [1.165, 1.54) is 50.5 Å². The smallest absolute Gasteiger partial charge is 0.0348 e.